The van der Waals surface area contributed by atoms with Gasteiger partial charge in [0.15, 0.2) is 5.57 Å². The molecule has 1 heterocycles. The third kappa shape index (κ3) is 5.20. The number of carbonyl (C=O) groups is 1. The molecule has 0 atom stereocenters. The first-order valence-corrected chi connectivity index (χ1v) is 9.62. The number of hydrogen-bond acceptors (Lipinski definition) is 5. The fraction of sp³-hybridized carbons (Fsp3) is 0.208. The summed E-state index contributed by atoms with van der Waals surface area (Å²) in [7, 11) is 0. The van der Waals surface area contributed by atoms with Crippen molar-refractivity contribution in [3.05, 3.63) is 95.3 Å². The molecule has 0 spiro atoms. The zero-order valence-corrected chi connectivity index (χ0v) is 16.4. The van der Waals surface area contributed by atoms with Crippen LogP contribution in [0, 0.1) is 11.3 Å². The molecule has 3 rings (SSSR count). The van der Waals surface area contributed by atoms with Crippen molar-refractivity contribution in [2.24, 2.45) is 4.99 Å². The van der Waals surface area contributed by atoms with Gasteiger partial charge in [-0.15, -0.1) is 0 Å². The summed E-state index contributed by atoms with van der Waals surface area (Å²) in [6, 6.07) is 22.8. The van der Waals surface area contributed by atoms with Crippen LogP contribution in [-0.2, 0) is 9.53 Å². The van der Waals surface area contributed by atoms with Crippen LogP contribution in [0.1, 0.15) is 30.4 Å². The van der Waals surface area contributed by atoms with Crippen molar-refractivity contribution in [3.63, 3.8) is 0 Å². The molecular weight excluding hydrogens is 362 g/mol. The minimum Gasteiger partial charge on any atom is -0.462 e. The van der Waals surface area contributed by atoms with Gasteiger partial charge in [0.05, 0.1) is 18.6 Å². The zero-order chi connectivity index (χ0) is 20.5. The van der Waals surface area contributed by atoms with E-state index in [0.29, 0.717) is 5.70 Å². The van der Waals surface area contributed by atoms with Crippen molar-refractivity contribution >= 4 is 12.3 Å². The van der Waals surface area contributed by atoms with Crippen molar-refractivity contribution in [3.8, 4) is 6.07 Å². The SMILES string of the molecule is CCOC(=O)/C(C#N)=C1/C=CN(CCC(c2ccccc2)c2ccccc2)C=N1. The number of hydrogen-bond donors (Lipinski definition) is 0. The highest BCUT2D eigenvalue weighted by Crippen LogP contribution is 2.28. The molecule has 0 radical (unpaired) electrons. The predicted octanol–water partition coefficient (Wildman–Crippen LogP) is 4.41. The van der Waals surface area contributed by atoms with Crippen molar-refractivity contribution in [1.82, 2.24) is 4.90 Å². The van der Waals surface area contributed by atoms with E-state index in [1.807, 2.05) is 29.3 Å². The summed E-state index contributed by atoms with van der Waals surface area (Å²) in [4.78, 5) is 18.1. The molecular formula is C24H23N3O2. The molecule has 0 unspecified atom stereocenters. The van der Waals surface area contributed by atoms with Gasteiger partial charge in [0, 0.05) is 18.7 Å². The molecule has 5 heteroatoms. The van der Waals surface area contributed by atoms with Gasteiger partial charge in [0.25, 0.3) is 0 Å². The van der Waals surface area contributed by atoms with E-state index in [0.717, 1.165) is 13.0 Å². The van der Waals surface area contributed by atoms with Gasteiger partial charge < -0.3 is 9.64 Å². The molecule has 5 nitrogen and oxygen atoms in total. The molecule has 0 aliphatic carbocycles. The Bertz CT molecular complexity index is 901. The highest BCUT2D eigenvalue weighted by molar-refractivity contribution is 5.94. The van der Waals surface area contributed by atoms with E-state index >= 15 is 0 Å². The molecule has 1 aliphatic heterocycles. The van der Waals surface area contributed by atoms with Crippen LogP contribution in [0.25, 0.3) is 0 Å². The van der Waals surface area contributed by atoms with Crippen molar-refractivity contribution in [2.75, 3.05) is 13.2 Å². The van der Waals surface area contributed by atoms with Gasteiger partial charge in [0.1, 0.15) is 6.07 Å². The summed E-state index contributed by atoms with van der Waals surface area (Å²) in [6.45, 7) is 2.68. The first-order chi connectivity index (χ1) is 14.2. The largest absolute Gasteiger partial charge is 0.462 e. The van der Waals surface area contributed by atoms with Crippen LogP contribution in [0.5, 0.6) is 0 Å². The molecule has 0 saturated carbocycles. The number of carbonyl (C=O) groups excluding carboxylic acids is 1. The lowest BCUT2D eigenvalue weighted by Gasteiger charge is -2.23. The van der Waals surface area contributed by atoms with E-state index in [1.54, 1.807) is 19.3 Å². The monoisotopic (exact) mass is 385 g/mol. The molecule has 1 aliphatic rings. The molecule has 0 saturated heterocycles. The van der Waals surface area contributed by atoms with Crippen LogP contribution < -0.4 is 0 Å². The maximum atomic E-state index is 11.9. The quantitative estimate of drug-likeness (QED) is 0.402. The third-order valence-electron chi connectivity index (χ3n) is 4.70. The summed E-state index contributed by atoms with van der Waals surface area (Å²) in [5.41, 5.74) is 2.79. The maximum Gasteiger partial charge on any atom is 0.351 e. The minimum atomic E-state index is -0.645. The Labute approximate surface area is 171 Å². The second-order valence-electron chi connectivity index (χ2n) is 6.55. The molecule has 29 heavy (non-hydrogen) atoms. The van der Waals surface area contributed by atoms with Gasteiger partial charge in [0.2, 0.25) is 0 Å². The Morgan fingerprint density at radius 1 is 1.10 bits per heavy atom. The summed E-state index contributed by atoms with van der Waals surface area (Å²) in [5, 5.41) is 9.24. The predicted molar refractivity (Wildman–Crippen MR) is 113 cm³/mol. The average Bonchev–Trinajstić information content (AvgIpc) is 2.77. The molecule has 2 aromatic rings. The number of esters is 1. The highest BCUT2D eigenvalue weighted by atomic mass is 16.5. The normalized spacial score (nSPS) is 14.6. The van der Waals surface area contributed by atoms with E-state index < -0.39 is 5.97 Å². The molecule has 0 fully saturated rings. The molecule has 0 bridgehead atoms. The van der Waals surface area contributed by atoms with Gasteiger partial charge >= 0.3 is 5.97 Å². The Morgan fingerprint density at radius 3 is 2.21 bits per heavy atom. The van der Waals surface area contributed by atoms with Gasteiger partial charge in [-0.3, -0.25) is 0 Å². The van der Waals surface area contributed by atoms with Crippen LogP contribution in [0.2, 0.25) is 0 Å². The van der Waals surface area contributed by atoms with Gasteiger partial charge in [-0.1, -0.05) is 60.7 Å². The smallest absolute Gasteiger partial charge is 0.351 e. The summed E-state index contributed by atoms with van der Waals surface area (Å²) in [6.07, 6.45) is 6.06. The van der Waals surface area contributed by atoms with Crippen LogP contribution >= 0.6 is 0 Å². The fourth-order valence-electron chi connectivity index (χ4n) is 3.25. The van der Waals surface area contributed by atoms with E-state index in [4.69, 9.17) is 4.74 Å². The number of allylic oxidation sites excluding steroid dienone is 1. The van der Waals surface area contributed by atoms with Gasteiger partial charge in [-0.25, -0.2) is 9.79 Å². The molecule has 0 aromatic heterocycles. The summed E-state index contributed by atoms with van der Waals surface area (Å²) < 4.78 is 4.91. The van der Waals surface area contributed by atoms with E-state index in [2.05, 4.69) is 53.5 Å². The number of rotatable bonds is 7. The fourth-order valence-corrected chi connectivity index (χ4v) is 3.25. The molecule has 146 valence electrons. The average molecular weight is 385 g/mol. The lowest BCUT2D eigenvalue weighted by atomic mass is 9.88. The number of nitrogens with zero attached hydrogens (tertiary/aromatic N) is 3. The van der Waals surface area contributed by atoms with Crippen LogP contribution in [0.4, 0.5) is 0 Å². The Balaban J connectivity index is 1.71. The number of nitriles is 1. The summed E-state index contributed by atoms with van der Waals surface area (Å²) in [5.74, 6) is -0.376. The maximum absolute atomic E-state index is 11.9. The van der Waals surface area contributed by atoms with E-state index in [1.165, 1.54) is 11.1 Å². The topological polar surface area (TPSA) is 65.7 Å². The van der Waals surface area contributed by atoms with Gasteiger partial charge in [-0.2, -0.15) is 5.26 Å². The zero-order valence-electron chi connectivity index (χ0n) is 16.4. The Kier molecular flexibility index (Phi) is 6.96. The number of aliphatic imine (C=N–C) groups is 1. The van der Waals surface area contributed by atoms with E-state index in [-0.39, 0.29) is 18.1 Å². The van der Waals surface area contributed by atoms with E-state index in [9.17, 15) is 10.1 Å². The summed E-state index contributed by atoms with van der Waals surface area (Å²) >= 11 is 0. The molecule has 0 amide bonds. The van der Waals surface area contributed by atoms with Crippen LogP contribution in [-0.4, -0.2) is 30.4 Å². The molecule has 2 aromatic carbocycles. The van der Waals surface area contributed by atoms with Crippen molar-refractivity contribution < 1.29 is 9.53 Å². The first-order valence-electron chi connectivity index (χ1n) is 9.62. The standard InChI is InChI=1S/C24H23N3O2/c1-2-29-24(28)22(17-25)23-14-16-27(18-26-23)15-13-21(19-9-5-3-6-10-19)20-11-7-4-8-12-20/h3-12,14,16,18,21H,2,13,15H2,1H3/b23-22-. The van der Waals surface area contributed by atoms with Crippen LogP contribution in [0.15, 0.2) is 89.2 Å². The first kappa shape index (κ1) is 20.1. The second kappa shape index (κ2) is 10.0. The number of ether oxygens (including phenoxy) is 1. The van der Waals surface area contributed by atoms with Crippen molar-refractivity contribution in [1.29, 1.82) is 5.26 Å². The van der Waals surface area contributed by atoms with Crippen LogP contribution in [0.3, 0.4) is 0 Å². The molecule has 0 N–H and O–H groups in total. The Morgan fingerprint density at radius 2 is 1.72 bits per heavy atom. The third-order valence-corrected chi connectivity index (χ3v) is 4.70. The highest BCUT2D eigenvalue weighted by Gasteiger charge is 2.18. The second-order valence-corrected chi connectivity index (χ2v) is 6.55. The van der Waals surface area contributed by atoms with Gasteiger partial charge in [-0.05, 0) is 30.5 Å². The lowest BCUT2D eigenvalue weighted by molar-refractivity contribution is -0.138. The minimum absolute atomic E-state index is 0.0783. The Hall–Kier alpha value is -3.65. The lowest BCUT2D eigenvalue weighted by Crippen LogP contribution is -2.21. The number of benzene rings is 2. The van der Waals surface area contributed by atoms with Crippen molar-refractivity contribution in [2.45, 2.75) is 19.3 Å².